The standard InChI is InChI=1S/C24H26N4OS/c1-19-7-5-6-10-21(19)22-11-12-23(26-25-22)27-14-16-28(17-15-27)24(29)13-18-30-20-8-3-2-4-9-20/h2-12H,13-18H2,1H3. The van der Waals surface area contributed by atoms with Crippen molar-refractivity contribution in [3.63, 3.8) is 0 Å². The molecule has 1 aliphatic heterocycles. The topological polar surface area (TPSA) is 49.3 Å². The molecule has 0 N–H and O–H groups in total. The molecule has 4 rings (SSSR count). The van der Waals surface area contributed by atoms with Gasteiger partial charge in [-0.15, -0.1) is 22.0 Å². The van der Waals surface area contributed by atoms with E-state index in [0.717, 1.165) is 49.0 Å². The maximum absolute atomic E-state index is 12.5. The van der Waals surface area contributed by atoms with Crippen LogP contribution in [0, 0.1) is 6.92 Å². The van der Waals surface area contributed by atoms with E-state index in [2.05, 4.69) is 46.3 Å². The van der Waals surface area contributed by atoms with E-state index in [1.165, 1.54) is 10.5 Å². The van der Waals surface area contributed by atoms with Crippen molar-refractivity contribution in [1.29, 1.82) is 0 Å². The number of thioether (sulfide) groups is 1. The molecule has 0 atom stereocenters. The van der Waals surface area contributed by atoms with Crippen molar-refractivity contribution in [2.75, 3.05) is 36.8 Å². The van der Waals surface area contributed by atoms with Crippen LogP contribution in [0.5, 0.6) is 0 Å². The van der Waals surface area contributed by atoms with Gasteiger partial charge in [0.25, 0.3) is 0 Å². The van der Waals surface area contributed by atoms with Gasteiger partial charge in [0.05, 0.1) is 5.69 Å². The monoisotopic (exact) mass is 418 g/mol. The lowest BCUT2D eigenvalue weighted by Gasteiger charge is -2.35. The van der Waals surface area contributed by atoms with E-state index < -0.39 is 0 Å². The van der Waals surface area contributed by atoms with Crippen molar-refractivity contribution in [2.24, 2.45) is 0 Å². The fraction of sp³-hybridized carbons (Fsp3) is 0.292. The smallest absolute Gasteiger partial charge is 0.223 e. The first kappa shape index (κ1) is 20.4. The van der Waals surface area contributed by atoms with Crippen LogP contribution in [-0.4, -0.2) is 52.9 Å². The molecular weight excluding hydrogens is 392 g/mol. The van der Waals surface area contributed by atoms with Crippen LogP contribution in [0.4, 0.5) is 5.82 Å². The zero-order chi connectivity index (χ0) is 20.8. The minimum Gasteiger partial charge on any atom is -0.352 e. The van der Waals surface area contributed by atoms with E-state index >= 15 is 0 Å². The molecule has 1 saturated heterocycles. The van der Waals surface area contributed by atoms with Crippen LogP contribution >= 0.6 is 11.8 Å². The van der Waals surface area contributed by atoms with Crippen molar-refractivity contribution in [1.82, 2.24) is 15.1 Å². The van der Waals surface area contributed by atoms with Gasteiger partial charge in [-0.05, 0) is 36.8 Å². The van der Waals surface area contributed by atoms with E-state index in [-0.39, 0.29) is 5.91 Å². The summed E-state index contributed by atoms with van der Waals surface area (Å²) in [4.78, 5) is 17.9. The van der Waals surface area contributed by atoms with Gasteiger partial charge >= 0.3 is 0 Å². The number of carbonyl (C=O) groups excluding carboxylic acids is 1. The number of nitrogens with zero attached hydrogens (tertiary/aromatic N) is 4. The normalized spacial score (nSPS) is 14.0. The Hall–Kier alpha value is -2.86. The second-order valence-corrected chi connectivity index (χ2v) is 8.54. The van der Waals surface area contributed by atoms with Gasteiger partial charge in [-0.3, -0.25) is 4.79 Å². The summed E-state index contributed by atoms with van der Waals surface area (Å²) in [7, 11) is 0. The van der Waals surface area contributed by atoms with Gasteiger partial charge in [0, 0.05) is 48.8 Å². The van der Waals surface area contributed by atoms with Crippen LogP contribution in [0.1, 0.15) is 12.0 Å². The third-order valence-electron chi connectivity index (χ3n) is 5.36. The summed E-state index contributed by atoms with van der Waals surface area (Å²) in [5.74, 6) is 1.92. The molecule has 0 spiro atoms. The molecule has 6 heteroatoms. The first-order valence-electron chi connectivity index (χ1n) is 10.3. The Labute approximate surface area is 182 Å². The summed E-state index contributed by atoms with van der Waals surface area (Å²) < 4.78 is 0. The summed E-state index contributed by atoms with van der Waals surface area (Å²) in [6, 6.07) is 22.5. The molecule has 0 saturated carbocycles. The number of aryl methyl sites for hydroxylation is 1. The molecule has 0 bridgehead atoms. The molecule has 1 fully saturated rings. The molecule has 5 nitrogen and oxygen atoms in total. The average Bonchev–Trinajstić information content (AvgIpc) is 2.80. The fourth-order valence-corrected chi connectivity index (χ4v) is 4.48. The second kappa shape index (κ2) is 9.76. The largest absolute Gasteiger partial charge is 0.352 e. The highest BCUT2D eigenvalue weighted by atomic mass is 32.2. The van der Waals surface area contributed by atoms with E-state index in [0.29, 0.717) is 6.42 Å². The number of aromatic nitrogens is 2. The average molecular weight is 419 g/mol. The van der Waals surface area contributed by atoms with Gasteiger partial charge in [-0.2, -0.15) is 0 Å². The summed E-state index contributed by atoms with van der Waals surface area (Å²) in [6.07, 6.45) is 0.574. The molecule has 3 aromatic rings. The van der Waals surface area contributed by atoms with Crippen LogP contribution in [0.15, 0.2) is 71.6 Å². The zero-order valence-corrected chi connectivity index (χ0v) is 18.0. The SMILES string of the molecule is Cc1ccccc1-c1ccc(N2CCN(C(=O)CCSc3ccccc3)CC2)nn1. The number of carbonyl (C=O) groups is 1. The predicted octanol–water partition coefficient (Wildman–Crippen LogP) is 4.28. The van der Waals surface area contributed by atoms with Gasteiger partial charge in [0.2, 0.25) is 5.91 Å². The number of hydrogen-bond donors (Lipinski definition) is 0. The fourth-order valence-electron chi connectivity index (χ4n) is 3.61. The van der Waals surface area contributed by atoms with Crippen molar-refractivity contribution in [3.05, 3.63) is 72.3 Å². The molecule has 0 unspecified atom stereocenters. The van der Waals surface area contributed by atoms with E-state index in [1.54, 1.807) is 11.8 Å². The molecule has 0 aliphatic carbocycles. The van der Waals surface area contributed by atoms with Crippen LogP contribution in [-0.2, 0) is 4.79 Å². The molecule has 2 heterocycles. The lowest BCUT2D eigenvalue weighted by atomic mass is 10.1. The van der Waals surface area contributed by atoms with Crippen molar-refractivity contribution in [2.45, 2.75) is 18.2 Å². The maximum atomic E-state index is 12.5. The molecule has 154 valence electrons. The molecule has 1 aromatic heterocycles. The Balaban J connectivity index is 1.27. The van der Waals surface area contributed by atoms with Crippen LogP contribution in [0.2, 0.25) is 0 Å². The van der Waals surface area contributed by atoms with E-state index in [9.17, 15) is 4.79 Å². The molecule has 0 radical (unpaired) electrons. The van der Waals surface area contributed by atoms with E-state index in [1.807, 2.05) is 47.4 Å². The second-order valence-electron chi connectivity index (χ2n) is 7.37. The number of hydrogen-bond acceptors (Lipinski definition) is 5. The number of benzene rings is 2. The van der Waals surface area contributed by atoms with Gasteiger partial charge in [0.15, 0.2) is 5.82 Å². The molecule has 2 aromatic carbocycles. The zero-order valence-electron chi connectivity index (χ0n) is 17.2. The number of amides is 1. The molecule has 1 amide bonds. The van der Waals surface area contributed by atoms with Crippen LogP contribution < -0.4 is 4.90 Å². The van der Waals surface area contributed by atoms with Gasteiger partial charge in [-0.1, -0.05) is 42.5 Å². The maximum Gasteiger partial charge on any atom is 0.223 e. The highest BCUT2D eigenvalue weighted by Crippen LogP contribution is 2.23. The minimum absolute atomic E-state index is 0.235. The van der Waals surface area contributed by atoms with Crippen molar-refractivity contribution in [3.8, 4) is 11.3 Å². The Bertz CT molecular complexity index is 970. The predicted molar refractivity (Wildman–Crippen MR) is 123 cm³/mol. The Morgan fingerprint density at radius 3 is 2.33 bits per heavy atom. The lowest BCUT2D eigenvalue weighted by molar-refractivity contribution is -0.131. The Morgan fingerprint density at radius 1 is 0.900 bits per heavy atom. The van der Waals surface area contributed by atoms with Crippen molar-refractivity contribution >= 4 is 23.5 Å². The summed E-state index contributed by atoms with van der Waals surface area (Å²) in [6.45, 7) is 5.12. The number of anilines is 1. The van der Waals surface area contributed by atoms with Gasteiger partial charge in [-0.25, -0.2) is 0 Å². The first-order valence-corrected chi connectivity index (χ1v) is 11.3. The first-order chi connectivity index (χ1) is 14.7. The Morgan fingerprint density at radius 2 is 1.63 bits per heavy atom. The summed E-state index contributed by atoms with van der Waals surface area (Å²) in [5, 5.41) is 8.88. The van der Waals surface area contributed by atoms with E-state index in [4.69, 9.17) is 0 Å². The number of piperazine rings is 1. The molecular formula is C24H26N4OS. The third kappa shape index (κ3) is 5.00. The van der Waals surface area contributed by atoms with Crippen molar-refractivity contribution < 1.29 is 4.79 Å². The number of rotatable bonds is 6. The lowest BCUT2D eigenvalue weighted by Crippen LogP contribution is -2.49. The van der Waals surface area contributed by atoms with Crippen LogP contribution in [0.3, 0.4) is 0 Å². The highest BCUT2D eigenvalue weighted by Gasteiger charge is 2.22. The highest BCUT2D eigenvalue weighted by molar-refractivity contribution is 7.99. The molecule has 30 heavy (non-hydrogen) atoms. The summed E-state index contributed by atoms with van der Waals surface area (Å²) >= 11 is 1.73. The summed E-state index contributed by atoms with van der Waals surface area (Å²) in [5.41, 5.74) is 3.19. The third-order valence-corrected chi connectivity index (χ3v) is 6.37. The Kier molecular flexibility index (Phi) is 6.64. The molecule has 1 aliphatic rings. The van der Waals surface area contributed by atoms with Gasteiger partial charge < -0.3 is 9.80 Å². The van der Waals surface area contributed by atoms with Gasteiger partial charge in [0.1, 0.15) is 0 Å². The van der Waals surface area contributed by atoms with Crippen LogP contribution in [0.25, 0.3) is 11.3 Å². The minimum atomic E-state index is 0.235. The quantitative estimate of drug-likeness (QED) is 0.559.